The van der Waals surface area contributed by atoms with Crippen LogP contribution in [0.2, 0.25) is 0 Å². The van der Waals surface area contributed by atoms with Crippen LogP contribution in [0, 0.1) is 0 Å². The number of rotatable bonds is 4. The van der Waals surface area contributed by atoms with Crippen LogP contribution >= 0.6 is 11.5 Å². The van der Waals surface area contributed by atoms with Gasteiger partial charge < -0.3 is 9.63 Å². The molecule has 0 bridgehead atoms. The Morgan fingerprint density at radius 1 is 1.25 bits per heavy atom. The van der Waals surface area contributed by atoms with Crippen LogP contribution in [0.1, 0.15) is 19.0 Å². The van der Waals surface area contributed by atoms with E-state index in [0.29, 0.717) is 11.7 Å². The van der Waals surface area contributed by atoms with E-state index in [1.165, 1.54) is 11.5 Å². The van der Waals surface area contributed by atoms with Gasteiger partial charge in [-0.3, -0.25) is 0 Å². The van der Waals surface area contributed by atoms with E-state index in [2.05, 4.69) is 26.7 Å². The molecule has 0 saturated heterocycles. The maximum absolute atomic E-state index is 9.28. The fourth-order valence-electron chi connectivity index (χ4n) is 1.81. The predicted octanol–water partition coefficient (Wildman–Crippen LogP) is 2.91. The standard InChI is InChI=1S/C13H12N4O2S/c1-2-3-10-11(20-17-15-10)13-14-12(16-19-13)8-4-6-9(18)7-5-8/h4-7,18H,2-3H2,1H3. The van der Waals surface area contributed by atoms with Gasteiger partial charge in [-0.2, -0.15) is 4.98 Å². The molecule has 0 aliphatic carbocycles. The van der Waals surface area contributed by atoms with E-state index in [1.807, 2.05) is 0 Å². The van der Waals surface area contributed by atoms with Crippen LogP contribution < -0.4 is 0 Å². The van der Waals surface area contributed by atoms with E-state index in [0.717, 1.165) is 29.0 Å². The van der Waals surface area contributed by atoms with Gasteiger partial charge in [-0.15, -0.1) is 5.10 Å². The second-order valence-electron chi connectivity index (χ2n) is 4.27. The number of hydrogen-bond acceptors (Lipinski definition) is 7. The molecule has 1 aromatic carbocycles. The highest BCUT2D eigenvalue weighted by Gasteiger charge is 2.17. The van der Waals surface area contributed by atoms with Crippen LogP contribution in [0.25, 0.3) is 22.2 Å². The van der Waals surface area contributed by atoms with Crippen molar-refractivity contribution >= 4 is 11.5 Å². The van der Waals surface area contributed by atoms with Crippen LogP contribution in [-0.4, -0.2) is 24.8 Å². The smallest absolute Gasteiger partial charge is 0.271 e. The van der Waals surface area contributed by atoms with Crippen LogP contribution in [-0.2, 0) is 6.42 Å². The second-order valence-corrected chi connectivity index (χ2v) is 5.02. The lowest BCUT2D eigenvalue weighted by molar-refractivity contribution is 0.432. The molecule has 7 heteroatoms. The molecule has 20 heavy (non-hydrogen) atoms. The predicted molar refractivity (Wildman–Crippen MR) is 74.3 cm³/mol. The highest BCUT2D eigenvalue weighted by molar-refractivity contribution is 7.09. The Hall–Kier alpha value is -2.28. The summed E-state index contributed by atoms with van der Waals surface area (Å²) < 4.78 is 9.23. The van der Waals surface area contributed by atoms with Gasteiger partial charge in [0.15, 0.2) is 0 Å². The summed E-state index contributed by atoms with van der Waals surface area (Å²) >= 11 is 1.26. The van der Waals surface area contributed by atoms with Crippen molar-refractivity contribution in [2.75, 3.05) is 0 Å². The highest BCUT2D eigenvalue weighted by atomic mass is 32.1. The lowest BCUT2D eigenvalue weighted by Gasteiger charge is -1.94. The minimum Gasteiger partial charge on any atom is -0.508 e. The number of phenolic OH excluding ortho intramolecular Hbond substituents is 1. The van der Waals surface area contributed by atoms with E-state index in [9.17, 15) is 5.11 Å². The molecule has 0 fully saturated rings. The van der Waals surface area contributed by atoms with Gasteiger partial charge in [0.2, 0.25) is 5.82 Å². The minimum atomic E-state index is 0.203. The van der Waals surface area contributed by atoms with Gasteiger partial charge in [0.1, 0.15) is 10.6 Å². The summed E-state index contributed by atoms with van der Waals surface area (Å²) in [5.74, 6) is 1.12. The zero-order valence-electron chi connectivity index (χ0n) is 10.8. The molecule has 0 amide bonds. The summed E-state index contributed by atoms with van der Waals surface area (Å²) in [6.45, 7) is 2.08. The van der Waals surface area contributed by atoms with Crippen molar-refractivity contribution in [2.24, 2.45) is 0 Å². The van der Waals surface area contributed by atoms with Crippen molar-refractivity contribution in [1.82, 2.24) is 19.7 Å². The fraction of sp³-hybridized carbons (Fsp3) is 0.231. The molecule has 0 radical (unpaired) electrons. The first kappa shape index (κ1) is 12.7. The Morgan fingerprint density at radius 3 is 2.80 bits per heavy atom. The molecule has 3 rings (SSSR count). The first-order valence-corrected chi connectivity index (χ1v) is 7.00. The quantitative estimate of drug-likeness (QED) is 0.794. The number of benzene rings is 1. The molecular formula is C13H12N4O2S. The molecule has 0 unspecified atom stereocenters. The number of aromatic hydroxyl groups is 1. The molecule has 0 atom stereocenters. The maximum atomic E-state index is 9.28. The molecule has 2 heterocycles. The Bertz CT molecular complexity index is 705. The van der Waals surface area contributed by atoms with Gasteiger partial charge in [-0.05, 0) is 42.2 Å². The van der Waals surface area contributed by atoms with E-state index >= 15 is 0 Å². The van der Waals surface area contributed by atoms with E-state index in [1.54, 1.807) is 24.3 Å². The number of hydrogen-bond donors (Lipinski definition) is 1. The molecule has 0 saturated carbocycles. The van der Waals surface area contributed by atoms with Crippen LogP contribution in [0.15, 0.2) is 28.8 Å². The van der Waals surface area contributed by atoms with E-state index < -0.39 is 0 Å². The first-order valence-electron chi connectivity index (χ1n) is 6.22. The summed E-state index contributed by atoms with van der Waals surface area (Å²) in [4.78, 5) is 5.19. The Kier molecular flexibility index (Phi) is 3.42. The Morgan fingerprint density at radius 2 is 2.05 bits per heavy atom. The number of phenols is 1. The molecular weight excluding hydrogens is 276 g/mol. The first-order chi connectivity index (χ1) is 9.78. The summed E-state index contributed by atoms with van der Waals surface area (Å²) in [6.07, 6.45) is 1.82. The lowest BCUT2D eigenvalue weighted by Crippen LogP contribution is -1.87. The van der Waals surface area contributed by atoms with Gasteiger partial charge in [-0.25, -0.2) is 0 Å². The third-order valence-corrected chi connectivity index (χ3v) is 3.54. The Balaban J connectivity index is 1.93. The van der Waals surface area contributed by atoms with E-state index in [-0.39, 0.29) is 5.75 Å². The summed E-state index contributed by atoms with van der Waals surface area (Å²) in [5.41, 5.74) is 1.67. The molecule has 2 aromatic heterocycles. The van der Waals surface area contributed by atoms with Crippen LogP contribution in [0.5, 0.6) is 5.75 Å². The van der Waals surface area contributed by atoms with Crippen molar-refractivity contribution < 1.29 is 9.63 Å². The van der Waals surface area contributed by atoms with Gasteiger partial charge in [-0.1, -0.05) is 23.0 Å². The lowest BCUT2D eigenvalue weighted by atomic mass is 10.2. The van der Waals surface area contributed by atoms with Crippen molar-refractivity contribution in [2.45, 2.75) is 19.8 Å². The molecule has 6 nitrogen and oxygen atoms in total. The highest BCUT2D eigenvalue weighted by Crippen LogP contribution is 2.28. The van der Waals surface area contributed by atoms with Gasteiger partial charge in [0.05, 0.1) is 5.69 Å². The normalized spacial score (nSPS) is 10.8. The molecule has 102 valence electrons. The molecule has 0 spiro atoms. The van der Waals surface area contributed by atoms with Crippen molar-refractivity contribution in [1.29, 1.82) is 0 Å². The fourth-order valence-corrected chi connectivity index (χ4v) is 2.45. The third kappa shape index (κ3) is 2.39. The van der Waals surface area contributed by atoms with Gasteiger partial charge in [0.25, 0.3) is 5.89 Å². The zero-order valence-corrected chi connectivity index (χ0v) is 11.6. The maximum Gasteiger partial charge on any atom is 0.271 e. The van der Waals surface area contributed by atoms with Crippen molar-refractivity contribution in [3.63, 3.8) is 0 Å². The monoisotopic (exact) mass is 288 g/mol. The molecule has 0 aliphatic heterocycles. The molecule has 3 aromatic rings. The topological polar surface area (TPSA) is 84.9 Å². The second kappa shape index (κ2) is 5.38. The van der Waals surface area contributed by atoms with Crippen LogP contribution in [0.3, 0.4) is 0 Å². The molecule has 0 aliphatic rings. The number of aromatic nitrogens is 4. The number of aryl methyl sites for hydroxylation is 1. The van der Waals surface area contributed by atoms with Crippen molar-refractivity contribution in [3.8, 4) is 27.9 Å². The molecule has 1 N–H and O–H groups in total. The van der Waals surface area contributed by atoms with Crippen LogP contribution in [0.4, 0.5) is 0 Å². The minimum absolute atomic E-state index is 0.203. The number of nitrogens with zero attached hydrogens (tertiary/aromatic N) is 4. The Labute approximate surface area is 119 Å². The largest absolute Gasteiger partial charge is 0.508 e. The zero-order chi connectivity index (χ0) is 13.9. The SMILES string of the molecule is CCCc1nnsc1-c1nc(-c2ccc(O)cc2)no1. The third-order valence-electron chi connectivity index (χ3n) is 2.79. The van der Waals surface area contributed by atoms with Gasteiger partial charge in [0, 0.05) is 5.56 Å². The van der Waals surface area contributed by atoms with Gasteiger partial charge >= 0.3 is 0 Å². The average molecular weight is 288 g/mol. The van der Waals surface area contributed by atoms with E-state index in [4.69, 9.17) is 4.52 Å². The van der Waals surface area contributed by atoms with Crippen molar-refractivity contribution in [3.05, 3.63) is 30.0 Å². The summed E-state index contributed by atoms with van der Waals surface area (Å²) in [7, 11) is 0. The summed E-state index contributed by atoms with van der Waals surface area (Å²) in [5, 5.41) is 17.3. The summed E-state index contributed by atoms with van der Waals surface area (Å²) in [6, 6.07) is 6.65. The average Bonchev–Trinajstić information content (AvgIpc) is 3.08.